The molecule has 8 N–H and O–H groups in total. The van der Waals surface area contributed by atoms with Crippen molar-refractivity contribution in [2.24, 2.45) is 17.6 Å². The number of hydrogen-bond donors (Lipinski definition) is 7. The van der Waals surface area contributed by atoms with Gasteiger partial charge in [-0.2, -0.15) is 0 Å². The van der Waals surface area contributed by atoms with E-state index in [0.717, 1.165) is 0 Å². The molecule has 4 rings (SSSR count). The number of fused-ring (bicyclic) bond motifs is 2. The van der Waals surface area contributed by atoms with Gasteiger partial charge in [-0.05, 0) is 84.1 Å². The van der Waals surface area contributed by atoms with Gasteiger partial charge in [0.1, 0.15) is 48.1 Å². The Labute approximate surface area is 432 Å². The van der Waals surface area contributed by atoms with Crippen molar-refractivity contribution in [1.29, 1.82) is 0 Å². The molecule has 0 aromatic heterocycles. The van der Waals surface area contributed by atoms with Crippen LogP contribution < -0.4 is 37.6 Å². The van der Waals surface area contributed by atoms with Gasteiger partial charge in [0.2, 0.25) is 47.3 Å². The van der Waals surface area contributed by atoms with E-state index in [4.69, 9.17) is 15.2 Å². The molecule has 3 aliphatic heterocycles. The summed E-state index contributed by atoms with van der Waals surface area (Å²) in [7, 11) is 1.27. The first-order chi connectivity index (χ1) is 35.2. The molecule has 3 saturated heterocycles. The van der Waals surface area contributed by atoms with E-state index in [1.807, 2.05) is 6.92 Å². The van der Waals surface area contributed by atoms with Gasteiger partial charge in [-0.25, -0.2) is 4.79 Å². The molecule has 10 atom stereocenters. The molecule has 1 aromatic carbocycles. The van der Waals surface area contributed by atoms with Crippen LogP contribution in [0.3, 0.4) is 0 Å². The predicted molar refractivity (Wildman–Crippen MR) is 269 cm³/mol. The van der Waals surface area contributed by atoms with Gasteiger partial charge < -0.3 is 56.9 Å². The SMILES string of the molecule is CC=C1NC(=O)C2CCCN2C(=O)C(C)C(=O)C(Cc2ccccc2)NC(=O)C(COC)NC(=O)C(NC(=O)C(C)=CCCC)C(C)OC(=O)C2CCCN2C(=O)C(CCC(N)=O)NC(=O)C(C(C)CC)NC1=O. The lowest BCUT2D eigenvalue weighted by atomic mass is 9.93. The molecule has 74 heavy (non-hydrogen) atoms. The molecule has 0 aliphatic carbocycles. The minimum absolute atomic E-state index is 0.0260. The maximum atomic E-state index is 14.5. The highest BCUT2D eigenvalue weighted by molar-refractivity contribution is 6.07. The highest BCUT2D eigenvalue weighted by atomic mass is 16.5. The Bertz CT molecular complexity index is 2310. The molecule has 3 fully saturated rings. The second kappa shape index (κ2) is 28.5. The number of carbonyl (C=O) groups is 11. The van der Waals surface area contributed by atoms with Crippen molar-refractivity contribution in [3.63, 3.8) is 0 Å². The lowest BCUT2D eigenvalue weighted by molar-refractivity contribution is -0.160. The monoisotopic (exact) mass is 1030 g/mol. The van der Waals surface area contributed by atoms with Crippen LogP contribution in [0.1, 0.15) is 112 Å². The molecule has 0 saturated carbocycles. The minimum Gasteiger partial charge on any atom is -0.458 e. The van der Waals surface area contributed by atoms with Crippen molar-refractivity contribution >= 4 is 64.9 Å². The Morgan fingerprint density at radius 3 is 2.07 bits per heavy atom. The average molecular weight is 1030 g/mol. The number of methoxy groups -OCH3 is 1. The van der Waals surface area contributed by atoms with Crippen molar-refractivity contribution in [2.45, 2.75) is 161 Å². The number of ketones is 1. The van der Waals surface area contributed by atoms with Gasteiger partial charge in [0.15, 0.2) is 5.78 Å². The van der Waals surface area contributed by atoms with Crippen LogP contribution in [0, 0.1) is 11.8 Å². The fraction of sp³-hybridized carbons (Fsp3) is 0.596. The van der Waals surface area contributed by atoms with Crippen molar-refractivity contribution in [3.8, 4) is 0 Å². The third-order valence-electron chi connectivity index (χ3n) is 13.7. The molecule has 0 spiro atoms. The van der Waals surface area contributed by atoms with Gasteiger partial charge >= 0.3 is 5.97 Å². The summed E-state index contributed by atoms with van der Waals surface area (Å²) in [5.41, 5.74) is 6.10. The number of primary amides is 1. The summed E-state index contributed by atoms with van der Waals surface area (Å²) in [6.07, 6.45) is 3.40. The molecule has 3 heterocycles. The quantitative estimate of drug-likeness (QED) is 0.0806. The number of nitrogens with two attached hydrogens (primary N) is 1. The summed E-state index contributed by atoms with van der Waals surface area (Å²) >= 11 is 0. The topological polar surface area (TPSA) is 311 Å². The maximum Gasteiger partial charge on any atom is 0.329 e. The molecule has 9 amide bonds. The van der Waals surface area contributed by atoms with Gasteiger partial charge in [0, 0.05) is 32.2 Å². The highest BCUT2D eigenvalue weighted by Crippen LogP contribution is 2.24. The third kappa shape index (κ3) is 16.0. The van der Waals surface area contributed by atoms with Crippen LogP contribution in [0.25, 0.3) is 0 Å². The Morgan fingerprint density at radius 1 is 0.838 bits per heavy atom. The number of hydrogen-bond acceptors (Lipinski definition) is 13. The molecular weight excluding hydrogens is 959 g/mol. The molecule has 22 nitrogen and oxygen atoms in total. The largest absolute Gasteiger partial charge is 0.458 e. The van der Waals surface area contributed by atoms with Gasteiger partial charge in [-0.1, -0.05) is 76.1 Å². The zero-order chi connectivity index (χ0) is 54.8. The van der Waals surface area contributed by atoms with E-state index in [1.54, 1.807) is 50.3 Å². The number of unbranched alkanes of at least 4 members (excludes halogenated alkanes) is 1. The first-order valence-electron chi connectivity index (χ1n) is 25.5. The molecule has 3 aliphatic rings. The van der Waals surface area contributed by atoms with E-state index in [-0.39, 0.29) is 56.5 Å². The molecule has 1 aromatic rings. The average Bonchev–Trinajstić information content (AvgIpc) is 4.09. The van der Waals surface area contributed by atoms with E-state index >= 15 is 0 Å². The van der Waals surface area contributed by atoms with Crippen LogP contribution in [0.4, 0.5) is 0 Å². The summed E-state index contributed by atoms with van der Waals surface area (Å²) in [6.45, 7) is 10.8. The van der Waals surface area contributed by atoms with E-state index < -0.39 is 132 Å². The Morgan fingerprint density at radius 2 is 1.46 bits per heavy atom. The van der Waals surface area contributed by atoms with Gasteiger partial charge in [0.05, 0.1) is 18.6 Å². The normalized spacial score (nSPS) is 27.7. The van der Waals surface area contributed by atoms with E-state index in [0.29, 0.717) is 37.7 Å². The number of rotatable bonds is 13. The number of cyclic esters (lactones) is 1. The highest BCUT2D eigenvalue weighted by Gasteiger charge is 2.44. The summed E-state index contributed by atoms with van der Waals surface area (Å²) in [4.78, 5) is 156. The van der Waals surface area contributed by atoms with Crippen molar-refractivity contribution < 1.29 is 62.2 Å². The maximum absolute atomic E-state index is 14.5. The Hall–Kier alpha value is -6.97. The van der Waals surface area contributed by atoms with Crippen LogP contribution in [-0.4, -0.2) is 150 Å². The summed E-state index contributed by atoms with van der Waals surface area (Å²) in [5, 5.41) is 15.8. The number of amides is 9. The zero-order valence-electron chi connectivity index (χ0n) is 43.8. The van der Waals surface area contributed by atoms with Crippen LogP contribution in [0.15, 0.2) is 53.8 Å². The molecule has 10 unspecified atom stereocenters. The third-order valence-corrected chi connectivity index (χ3v) is 13.7. The lowest BCUT2D eigenvalue weighted by Gasteiger charge is -2.32. The van der Waals surface area contributed by atoms with E-state index in [1.165, 1.54) is 50.7 Å². The standard InChI is InChI=1S/C52H75N9O13/c1-9-12-18-30(5)44(64)59-42-32(7)74-52(72)39-22-17-26-61(39)51(71)35(23-24-40(53)62)55-48(68)41(29(4)10-2)58-45(65)34(11-3)54-47(67)38-21-16-25-60(38)50(70)31(6)43(63)36(27-33-19-14-13-15-20-33)56-46(66)37(28-73-8)57-49(42)69/h11,13-15,18-20,29,31-32,35-39,41-42H,9-10,12,16-17,21-28H2,1-8H3,(H2,53,62)(H,54,67)(H,55,68)(H,56,66)(H,57,69)(H,58,65)(H,59,64). The first kappa shape index (κ1) is 59.6. The zero-order valence-corrected chi connectivity index (χ0v) is 43.8. The van der Waals surface area contributed by atoms with Crippen molar-refractivity contribution in [2.75, 3.05) is 26.8 Å². The minimum atomic E-state index is -1.65. The molecule has 0 bridgehead atoms. The number of nitrogens with one attached hydrogen (secondary N) is 6. The van der Waals surface area contributed by atoms with Gasteiger partial charge in [-0.3, -0.25) is 47.9 Å². The van der Waals surface area contributed by atoms with Gasteiger partial charge in [0.25, 0.3) is 5.91 Å². The van der Waals surface area contributed by atoms with Crippen LogP contribution in [0.5, 0.6) is 0 Å². The molecule has 0 radical (unpaired) electrons. The van der Waals surface area contributed by atoms with Crippen LogP contribution in [0.2, 0.25) is 0 Å². The summed E-state index contributed by atoms with van der Waals surface area (Å²) in [6, 6.07) is -0.974. The fourth-order valence-electron chi connectivity index (χ4n) is 9.04. The number of esters is 1. The van der Waals surface area contributed by atoms with E-state index in [9.17, 15) is 52.7 Å². The number of ether oxygens (including phenoxy) is 2. The van der Waals surface area contributed by atoms with Crippen molar-refractivity contribution in [1.82, 2.24) is 41.7 Å². The summed E-state index contributed by atoms with van der Waals surface area (Å²) < 4.78 is 11.2. The lowest BCUT2D eigenvalue weighted by Crippen LogP contribution is -2.61. The number of carbonyl (C=O) groups excluding carboxylic acids is 11. The molecule has 406 valence electrons. The first-order valence-corrected chi connectivity index (χ1v) is 25.5. The number of allylic oxidation sites excluding steroid dienone is 2. The van der Waals surface area contributed by atoms with Gasteiger partial charge in [-0.15, -0.1) is 0 Å². The fourth-order valence-corrected chi connectivity index (χ4v) is 9.04. The second-order valence-electron chi connectivity index (χ2n) is 19.1. The number of Topliss-reactive ketones (excluding diaryl/α,β-unsaturated/α-hetero) is 1. The van der Waals surface area contributed by atoms with Crippen LogP contribution >= 0.6 is 0 Å². The number of benzene rings is 1. The second-order valence-corrected chi connectivity index (χ2v) is 19.1. The molecule has 22 heteroatoms. The smallest absolute Gasteiger partial charge is 0.329 e. The number of nitrogens with zero attached hydrogens (tertiary/aromatic N) is 2. The molecular formula is C52H75N9O13. The Kier molecular flexibility index (Phi) is 22.9. The summed E-state index contributed by atoms with van der Waals surface area (Å²) in [5.74, 6) is -10.9. The predicted octanol–water partition coefficient (Wildman–Crippen LogP) is 0.510. The van der Waals surface area contributed by atoms with E-state index in [2.05, 4.69) is 31.9 Å². The Balaban J connectivity index is 1.83. The van der Waals surface area contributed by atoms with Crippen molar-refractivity contribution in [3.05, 3.63) is 59.3 Å². The van der Waals surface area contributed by atoms with Crippen LogP contribution in [-0.2, 0) is 68.6 Å².